The number of carbonyl (C=O) groups is 2. The number of aliphatic carboxylic acids is 1. The highest BCUT2D eigenvalue weighted by Gasteiger charge is 2.48. The maximum absolute atomic E-state index is 13.9. The molecule has 0 bridgehead atoms. The topological polar surface area (TPSA) is 166 Å². The van der Waals surface area contributed by atoms with Crippen molar-refractivity contribution in [3.63, 3.8) is 0 Å². The third kappa shape index (κ3) is 5.59. The molecule has 0 radical (unpaired) electrons. The number of rotatable bonds is 8. The minimum atomic E-state index is -4.54. The highest BCUT2D eigenvalue weighted by atomic mass is 35.5. The molecule has 1 atom stereocenters. The number of fused-ring (bicyclic) bond motifs is 1. The average molecular weight is 560 g/mol. The quantitative estimate of drug-likeness (QED) is 0.207. The molecule has 1 heterocycles. The third-order valence-corrected chi connectivity index (χ3v) is 8.75. The summed E-state index contributed by atoms with van der Waals surface area (Å²) in [4.78, 5) is 24.5. The van der Waals surface area contributed by atoms with E-state index in [2.05, 4.69) is 10.6 Å². The predicted molar refractivity (Wildman–Crippen MR) is 149 cm³/mol. The minimum Gasteiger partial charge on any atom is -0.479 e. The Morgan fingerprint density at radius 1 is 1.11 bits per heavy atom. The third-order valence-electron chi connectivity index (χ3n) is 6.54. The monoisotopic (exact) mass is 559 g/mol. The molecule has 3 aromatic rings. The fourth-order valence-corrected chi connectivity index (χ4v) is 5.89. The van der Waals surface area contributed by atoms with Gasteiger partial charge in [-0.1, -0.05) is 36.4 Å². The number of amides is 1. The number of halogens is 1. The number of nitrogens with zero attached hydrogens (tertiary/aromatic N) is 1. The maximum Gasteiger partial charge on any atom is 0.345 e. The number of nitrogens with two attached hydrogens (primary N) is 1. The van der Waals surface area contributed by atoms with Crippen molar-refractivity contribution in [2.24, 2.45) is 5.73 Å². The van der Waals surface area contributed by atoms with Gasteiger partial charge >= 0.3 is 5.97 Å². The smallest absolute Gasteiger partial charge is 0.345 e. The van der Waals surface area contributed by atoms with E-state index in [-0.39, 0.29) is 41.2 Å². The van der Waals surface area contributed by atoms with E-state index in [9.17, 15) is 23.1 Å². The Bertz CT molecular complexity index is 1490. The minimum absolute atomic E-state index is 0. The zero-order valence-corrected chi connectivity index (χ0v) is 22.4. The van der Waals surface area contributed by atoms with E-state index in [0.717, 1.165) is 12.3 Å². The van der Waals surface area contributed by atoms with Crippen LogP contribution in [0.4, 0.5) is 5.69 Å². The van der Waals surface area contributed by atoms with E-state index in [1.807, 2.05) is 6.07 Å². The van der Waals surface area contributed by atoms with Crippen LogP contribution in [0.5, 0.6) is 0 Å². The van der Waals surface area contributed by atoms with Gasteiger partial charge in [-0.05, 0) is 47.5 Å². The van der Waals surface area contributed by atoms with Gasteiger partial charge < -0.3 is 26.4 Å². The average Bonchev–Trinajstić information content (AvgIpc) is 2.89. The molecule has 38 heavy (non-hydrogen) atoms. The molecule has 10 nitrogen and oxygen atoms in total. The molecule has 0 spiro atoms. The van der Waals surface area contributed by atoms with E-state index in [0.29, 0.717) is 42.7 Å². The predicted octanol–water partition coefficient (Wildman–Crippen LogP) is 2.21. The Morgan fingerprint density at radius 3 is 2.45 bits per heavy atom. The number of sulfone groups is 1. The van der Waals surface area contributed by atoms with Crippen LogP contribution in [0.15, 0.2) is 65.6 Å². The fraction of sp³-hybridized carbons (Fsp3) is 0.269. The van der Waals surface area contributed by atoms with Crippen LogP contribution in [0, 0.1) is 5.41 Å². The van der Waals surface area contributed by atoms with Crippen molar-refractivity contribution in [2.45, 2.75) is 23.1 Å². The van der Waals surface area contributed by atoms with E-state index in [1.165, 1.54) is 24.3 Å². The van der Waals surface area contributed by atoms with E-state index in [4.69, 9.17) is 11.1 Å². The number of piperazine rings is 1. The molecule has 1 aliphatic rings. The van der Waals surface area contributed by atoms with Crippen molar-refractivity contribution in [3.05, 3.63) is 71.8 Å². The van der Waals surface area contributed by atoms with Crippen LogP contribution in [0.2, 0.25) is 0 Å². The van der Waals surface area contributed by atoms with Crippen LogP contribution in [0.1, 0.15) is 18.1 Å². The first-order chi connectivity index (χ1) is 17.5. The summed E-state index contributed by atoms with van der Waals surface area (Å²) < 4.78 is 27.8. The number of carboxylic acids is 1. The number of amidine groups is 1. The fourth-order valence-electron chi connectivity index (χ4n) is 4.36. The van der Waals surface area contributed by atoms with Crippen LogP contribution in [-0.2, 0) is 25.8 Å². The maximum atomic E-state index is 13.9. The number of anilines is 1. The molecule has 4 rings (SSSR count). The molecule has 1 saturated heterocycles. The SMILES string of the molecule is C[C@](Nc1cccc(C(=N)N)c1)(C(=O)O)S(=O)(=O)c1cc(CC(=O)N2CCNCC2)c2ccccc2c1.Cl. The highest BCUT2D eigenvalue weighted by Crippen LogP contribution is 2.32. The van der Waals surface area contributed by atoms with Crippen molar-refractivity contribution >= 4 is 56.4 Å². The van der Waals surface area contributed by atoms with Crippen molar-refractivity contribution in [2.75, 3.05) is 31.5 Å². The molecule has 202 valence electrons. The number of carbonyl (C=O) groups excluding carboxylic acids is 1. The zero-order chi connectivity index (χ0) is 26.8. The molecule has 3 aromatic carbocycles. The lowest BCUT2D eigenvalue weighted by molar-refractivity contribution is -0.138. The van der Waals surface area contributed by atoms with Gasteiger partial charge in [0, 0.05) is 37.4 Å². The number of nitrogens with one attached hydrogen (secondary N) is 3. The molecule has 6 N–H and O–H groups in total. The van der Waals surface area contributed by atoms with Gasteiger partial charge in [-0.3, -0.25) is 10.2 Å². The summed E-state index contributed by atoms with van der Waals surface area (Å²) in [5.41, 5.74) is 6.53. The van der Waals surface area contributed by atoms with Crippen molar-refractivity contribution in [3.8, 4) is 0 Å². The molecular weight excluding hydrogens is 530 g/mol. The lowest BCUT2D eigenvalue weighted by Crippen LogP contribution is -2.50. The molecule has 1 amide bonds. The van der Waals surface area contributed by atoms with Crippen molar-refractivity contribution < 1.29 is 23.1 Å². The van der Waals surface area contributed by atoms with Crippen LogP contribution in [0.25, 0.3) is 10.8 Å². The summed E-state index contributed by atoms with van der Waals surface area (Å²) in [6.07, 6.45) is -0.0122. The standard InChI is InChI=1S/C26H29N5O5S.ClH/c1-26(25(33)34,30-20-7-4-6-18(13-20)24(27)28)37(35,36)21-14-17-5-2-3-8-22(17)19(15-21)16-23(32)31-11-9-29-10-12-31;/h2-8,13-15,29-30H,9-12,16H2,1H3,(H3,27,28)(H,33,34);1H/t26-;/m1./s1. The summed E-state index contributed by atoms with van der Waals surface area (Å²) in [5, 5.41) is 24.8. The van der Waals surface area contributed by atoms with Crippen molar-refractivity contribution in [1.29, 1.82) is 5.41 Å². The summed E-state index contributed by atoms with van der Waals surface area (Å²) in [5.74, 6) is -1.97. The van der Waals surface area contributed by atoms with Crippen LogP contribution < -0.4 is 16.4 Å². The molecule has 1 aliphatic heterocycles. The van der Waals surface area contributed by atoms with Gasteiger partial charge in [-0.2, -0.15) is 0 Å². The highest BCUT2D eigenvalue weighted by molar-refractivity contribution is 7.93. The van der Waals surface area contributed by atoms with E-state index in [1.54, 1.807) is 35.2 Å². The van der Waals surface area contributed by atoms with E-state index >= 15 is 0 Å². The number of carboxylic acid groups (broad SMARTS) is 1. The Morgan fingerprint density at radius 2 is 1.79 bits per heavy atom. The molecule has 1 fully saturated rings. The van der Waals surface area contributed by atoms with Gasteiger partial charge in [0.25, 0.3) is 0 Å². The molecule has 0 saturated carbocycles. The van der Waals surface area contributed by atoms with Crippen LogP contribution in [0.3, 0.4) is 0 Å². The molecular formula is C26H30ClN5O5S. The Labute approximate surface area is 227 Å². The summed E-state index contributed by atoms with van der Waals surface area (Å²) in [6, 6.07) is 15.9. The second-order valence-corrected chi connectivity index (χ2v) is 11.4. The summed E-state index contributed by atoms with van der Waals surface area (Å²) in [7, 11) is -4.54. The molecule has 0 aromatic heterocycles. The van der Waals surface area contributed by atoms with Crippen molar-refractivity contribution in [1.82, 2.24) is 10.2 Å². The molecule has 0 aliphatic carbocycles. The number of hydrogen-bond acceptors (Lipinski definition) is 7. The Hall–Kier alpha value is -3.67. The number of hydrogen-bond donors (Lipinski definition) is 5. The lowest BCUT2D eigenvalue weighted by atomic mass is 10.0. The lowest BCUT2D eigenvalue weighted by Gasteiger charge is -2.29. The Kier molecular flexibility index (Phi) is 8.65. The summed E-state index contributed by atoms with van der Waals surface area (Å²) in [6.45, 7) is 3.58. The number of benzene rings is 3. The van der Waals surface area contributed by atoms with Crippen LogP contribution >= 0.6 is 12.4 Å². The molecule has 12 heteroatoms. The van der Waals surface area contributed by atoms with Gasteiger partial charge in [0.15, 0.2) is 0 Å². The second kappa shape index (κ2) is 11.4. The first kappa shape index (κ1) is 28.9. The van der Waals surface area contributed by atoms with Crippen LogP contribution in [-0.4, -0.2) is 67.2 Å². The summed E-state index contributed by atoms with van der Waals surface area (Å²) >= 11 is 0. The number of nitrogen functional groups attached to an aromatic ring is 1. The molecule has 0 unspecified atom stereocenters. The van der Waals surface area contributed by atoms with Gasteiger partial charge in [-0.25, -0.2) is 13.2 Å². The first-order valence-electron chi connectivity index (χ1n) is 11.7. The second-order valence-electron chi connectivity index (χ2n) is 9.07. The zero-order valence-electron chi connectivity index (χ0n) is 20.7. The van der Waals surface area contributed by atoms with Gasteiger partial charge in [0.05, 0.1) is 11.3 Å². The van der Waals surface area contributed by atoms with Gasteiger partial charge in [0.2, 0.25) is 20.6 Å². The van der Waals surface area contributed by atoms with E-state index < -0.39 is 20.7 Å². The largest absolute Gasteiger partial charge is 0.479 e. The normalized spacial score (nSPS) is 15.2. The first-order valence-corrected chi connectivity index (χ1v) is 13.2. The Balaban J connectivity index is 0.00000400. The van der Waals surface area contributed by atoms with Gasteiger partial charge in [0.1, 0.15) is 5.84 Å². The van der Waals surface area contributed by atoms with Gasteiger partial charge in [-0.15, -0.1) is 12.4 Å².